The van der Waals surface area contributed by atoms with Crippen molar-refractivity contribution in [2.24, 2.45) is 0 Å². The second-order valence-electron chi connectivity index (χ2n) is 5.80. The lowest BCUT2D eigenvalue weighted by molar-refractivity contribution is 0.0963. The Kier molecular flexibility index (Phi) is 4.65. The zero-order valence-corrected chi connectivity index (χ0v) is 12.9. The molecular weight excluding hydrogens is 250 g/mol. The zero-order valence-electron chi connectivity index (χ0n) is 12.9. The maximum atomic E-state index is 11.6. The first-order chi connectivity index (χ1) is 9.51. The molecule has 4 heteroatoms. The fourth-order valence-electron chi connectivity index (χ4n) is 2.75. The average Bonchev–Trinajstić information content (AvgIpc) is 2.44. The Morgan fingerprint density at radius 3 is 2.75 bits per heavy atom. The first kappa shape index (κ1) is 14.9. The fourth-order valence-corrected chi connectivity index (χ4v) is 2.75. The Morgan fingerprint density at radius 1 is 1.40 bits per heavy atom. The van der Waals surface area contributed by atoms with Crippen LogP contribution >= 0.6 is 0 Å². The monoisotopic (exact) mass is 275 g/mol. The first-order valence-electron chi connectivity index (χ1n) is 7.30. The van der Waals surface area contributed by atoms with Crippen molar-refractivity contribution in [3.05, 3.63) is 29.3 Å². The molecule has 2 rings (SSSR count). The zero-order chi connectivity index (χ0) is 14.7. The minimum Gasteiger partial charge on any atom is -0.382 e. The van der Waals surface area contributed by atoms with Crippen molar-refractivity contribution >= 4 is 11.6 Å². The molecule has 0 saturated carbocycles. The number of benzene rings is 1. The number of carbonyl (C=O) groups is 1. The molecule has 110 valence electrons. The van der Waals surface area contributed by atoms with Crippen LogP contribution in [-0.2, 0) is 0 Å². The number of likely N-dealkylation sites (tertiary alicyclic amines) is 1. The summed E-state index contributed by atoms with van der Waals surface area (Å²) in [6, 6.07) is 6.98. The summed E-state index contributed by atoms with van der Waals surface area (Å²) in [4.78, 5) is 14.0. The lowest BCUT2D eigenvalue weighted by atomic mass is 9.98. The van der Waals surface area contributed by atoms with Gasteiger partial charge in [0, 0.05) is 36.9 Å². The molecule has 1 aliphatic rings. The van der Waals surface area contributed by atoms with E-state index in [1.165, 1.54) is 0 Å². The smallest absolute Gasteiger partial charge is 0.251 e. The van der Waals surface area contributed by atoms with Gasteiger partial charge in [0.1, 0.15) is 0 Å². The van der Waals surface area contributed by atoms with E-state index in [4.69, 9.17) is 0 Å². The minimum atomic E-state index is -0.0347. The van der Waals surface area contributed by atoms with Crippen molar-refractivity contribution in [2.45, 2.75) is 38.8 Å². The van der Waals surface area contributed by atoms with Gasteiger partial charge in [-0.25, -0.2) is 0 Å². The van der Waals surface area contributed by atoms with Crippen molar-refractivity contribution < 1.29 is 4.79 Å². The molecular formula is C16H25N3O. The van der Waals surface area contributed by atoms with Gasteiger partial charge in [-0.3, -0.25) is 4.79 Å². The Balaban J connectivity index is 2.05. The summed E-state index contributed by atoms with van der Waals surface area (Å²) in [7, 11) is 3.84. The molecule has 2 unspecified atom stereocenters. The number of nitrogens with one attached hydrogen (secondary N) is 2. The molecule has 0 aliphatic carbocycles. The van der Waals surface area contributed by atoms with E-state index in [1.807, 2.05) is 25.1 Å². The van der Waals surface area contributed by atoms with E-state index < -0.39 is 0 Å². The highest BCUT2D eigenvalue weighted by Gasteiger charge is 2.22. The van der Waals surface area contributed by atoms with Crippen molar-refractivity contribution in [1.29, 1.82) is 0 Å². The summed E-state index contributed by atoms with van der Waals surface area (Å²) in [5.41, 5.74) is 2.98. The third-order valence-electron chi connectivity index (χ3n) is 4.28. The van der Waals surface area contributed by atoms with Gasteiger partial charge in [0.2, 0.25) is 0 Å². The van der Waals surface area contributed by atoms with Gasteiger partial charge >= 0.3 is 0 Å². The second kappa shape index (κ2) is 6.27. The number of piperidine rings is 1. The molecule has 4 nitrogen and oxygen atoms in total. The molecule has 0 aromatic heterocycles. The second-order valence-corrected chi connectivity index (χ2v) is 5.80. The van der Waals surface area contributed by atoms with Crippen LogP contribution in [0.3, 0.4) is 0 Å². The summed E-state index contributed by atoms with van der Waals surface area (Å²) < 4.78 is 0. The number of aryl methyl sites for hydroxylation is 1. The first-order valence-corrected chi connectivity index (χ1v) is 7.30. The molecule has 1 heterocycles. The van der Waals surface area contributed by atoms with Gasteiger partial charge in [0.25, 0.3) is 5.91 Å². The molecule has 1 aromatic rings. The summed E-state index contributed by atoms with van der Waals surface area (Å²) in [6.45, 7) is 5.46. The van der Waals surface area contributed by atoms with E-state index in [0.717, 1.165) is 30.6 Å². The number of hydrogen-bond donors (Lipinski definition) is 2. The van der Waals surface area contributed by atoms with Crippen LogP contribution in [0.25, 0.3) is 0 Å². The molecule has 1 fully saturated rings. The van der Waals surface area contributed by atoms with Crippen LogP contribution in [0, 0.1) is 6.92 Å². The van der Waals surface area contributed by atoms with E-state index in [0.29, 0.717) is 17.6 Å². The molecule has 2 atom stereocenters. The number of hydrogen-bond acceptors (Lipinski definition) is 3. The lowest BCUT2D eigenvalue weighted by Crippen LogP contribution is -2.42. The molecule has 2 N–H and O–H groups in total. The van der Waals surface area contributed by atoms with E-state index in [1.54, 1.807) is 7.05 Å². The summed E-state index contributed by atoms with van der Waals surface area (Å²) >= 11 is 0. The van der Waals surface area contributed by atoms with E-state index >= 15 is 0 Å². The molecule has 1 amide bonds. The normalized spacial score (nSPS) is 23.4. The third-order valence-corrected chi connectivity index (χ3v) is 4.28. The Bertz CT molecular complexity index is 487. The number of carbonyl (C=O) groups excluding carboxylic acids is 1. The van der Waals surface area contributed by atoms with Crippen molar-refractivity contribution in [1.82, 2.24) is 10.2 Å². The van der Waals surface area contributed by atoms with Crippen molar-refractivity contribution in [3.63, 3.8) is 0 Å². The predicted molar refractivity (Wildman–Crippen MR) is 83.3 cm³/mol. The molecule has 0 spiro atoms. The Morgan fingerprint density at radius 2 is 2.15 bits per heavy atom. The topological polar surface area (TPSA) is 44.4 Å². The van der Waals surface area contributed by atoms with Gasteiger partial charge in [-0.05, 0) is 57.5 Å². The van der Waals surface area contributed by atoms with Crippen molar-refractivity contribution in [2.75, 3.05) is 26.0 Å². The maximum Gasteiger partial charge on any atom is 0.251 e. The van der Waals surface area contributed by atoms with Gasteiger partial charge in [-0.2, -0.15) is 0 Å². The molecule has 1 saturated heterocycles. The molecule has 1 aromatic carbocycles. The predicted octanol–water partition coefficient (Wildman–Crippen LogP) is 2.25. The van der Waals surface area contributed by atoms with Gasteiger partial charge in [0.15, 0.2) is 0 Å². The highest BCUT2D eigenvalue weighted by atomic mass is 16.1. The van der Waals surface area contributed by atoms with Crippen LogP contribution in [0.4, 0.5) is 5.69 Å². The number of anilines is 1. The number of rotatable bonds is 3. The van der Waals surface area contributed by atoms with Crippen LogP contribution < -0.4 is 10.6 Å². The highest BCUT2D eigenvalue weighted by Crippen LogP contribution is 2.23. The van der Waals surface area contributed by atoms with Gasteiger partial charge < -0.3 is 15.5 Å². The minimum absolute atomic E-state index is 0.0347. The van der Waals surface area contributed by atoms with Gasteiger partial charge in [-0.1, -0.05) is 0 Å². The largest absolute Gasteiger partial charge is 0.382 e. The van der Waals surface area contributed by atoms with Crippen LogP contribution in [0.15, 0.2) is 18.2 Å². The Labute approximate surface area is 121 Å². The van der Waals surface area contributed by atoms with Crippen LogP contribution in [0.5, 0.6) is 0 Å². The number of nitrogens with zero attached hydrogens (tertiary/aromatic N) is 1. The van der Waals surface area contributed by atoms with E-state index in [2.05, 4.69) is 29.5 Å². The molecule has 0 radical (unpaired) electrons. The standard InChI is InChI=1S/C16H25N3O/c1-11-9-13(16(20)17-3)5-6-15(11)18-14-7-8-19(4)12(2)10-14/h5-6,9,12,14,18H,7-8,10H2,1-4H3,(H,17,20). The lowest BCUT2D eigenvalue weighted by Gasteiger charge is -2.36. The van der Waals surface area contributed by atoms with E-state index in [-0.39, 0.29) is 5.91 Å². The summed E-state index contributed by atoms with van der Waals surface area (Å²) in [5, 5.41) is 6.28. The summed E-state index contributed by atoms with van der Waals surface area (Å²) in [5.74, 6) is -0.0347. The van der Waals surface area contributed by atoms with Gasteiger partial charge in [0.05, 0.1) is 0 Å². The third kappa shape index (κ3) is 3.31. The maximum absolute atomic E-state index is 11.6. The average molecular weight is 275 g/mol. The molecule has 20 heavy (non-hydrogen) atoms. The number of amides is 1. The van der Waals surface area contributed by atoms with Crippen LogP contribution in [0.1, 0.15) is 35.7 Å². The summed E-state index contributed by atoms with van der Waals surface area (Å²) in [6.07, 6.45) is 2.32. The SMILES string of the molecule is CNC(=O)c1ccc(NC2CCN(C)C(C)C2)c(C)c1. The van der Waals surface area contributed by atoms with Crippen LogP contribution in [0.2, 0.25) is 0 Å². The highest BCUT2D eigenvalue weighted by molar-refractivity contribution is 5.94. The molecule has 1 aliphatic heterocycles. The molecule has 0 bridgehead atoms. The fraction of sp³-hybridized carbons (Fsp3) is 0.562. The van der Waals surface area contributed by atoms with Crippen molar-refractivity contribution in [3.8, 4) is 0 Å². The van der Waals surface area contributed by atoms with E-state index in [9.17, 15) is 4.79 Å². The van der Waals surface area contributed by atoms with Crippen LogP contribution in [-0.4, -0.2) is 43.5 Å². The quantitative estimate of drug-likeness (QED) is 0.889. The Hall–Kier alpha value is -1.55. The van der Waals surface area contributed by atoms with Gasteiger partial charge in [-0.15, -0.1) is 0 Å².